The van der Waals surface area contributed by atoms with Crippen molar-refractivity contribution in [1.29, 1.82) is 0 Å². The summed E-state index contributed by atoms with van der Waals surface area (Å²) in [5.41, 5.74) is 0. The van der Waals surface area contributed by atoms with E-state index in [-0.39, 0.29) is 41.5 Å². The van der Waals surface area contributed by atoms with E-state index >= 15 is 0 Å². The molecule has 1 fully saturated rings. The number of guanidine groups is 1. The maximum Gasteiger partial charge on any atom is 0.191 e. The summed E-state index contributed by atoms with van der Waals surface area (Å²) in [6, 6.07) is 4.15. The fourth-order valence-electron chi connectivity index (χ4n) is 2.31. The first-order chi connectivity index (χ1) is 10.00. The van der Waals surface area contributed by atoms with E-state index in [4.69, 9.17) is 0 Å². The van der Waals surface area contributed by atoms with Crippen molar-refractivity contribution in [3.05, 3.63) is 22.4 Å². The number of hydrogen-bond donors (Lipinski definition) is 2. The van der Waals surface area contributed by atoms with Crippen LogP contribution in [0.5, 0.6) is 0 Å². The molecule has 0 bridgehead atoms. The summed E-state index contributed by atoms with van der Waals surface area (Å²) in [6.07, 6.45) is 0.660. The van der Waals surface area contributed by atoms with Crippen molar-refractivity contribution in [3.63, 3.8) is 0 Å². The van der Waals surface area contributed by atoms with Gasteiger partial charge in [0.25, 0.3) is 0 Å². The Morgan fingerprint density at radius 2 is 2.32 bits per heavy atom. The van der Waals surface area contributed by atoms with Crippen molar-refractivity contribution in [2.24, 2.45) is 4.99 Å². The number of sulfone groups is 1. The van der Waals surface area contributed by atoms with Crippen LogP contribution in [0.15, 0.2) is 22.5 Å². The maximum atomic E-state index is 11.5. The molecule has 1 aliphatic heterocycles. The summed E-state index contributed by atoms with van der Waals surface area (Å²) >= 11 is 1.74. The van der Waals surface area contributed by atoms with E-state index in [1.54, 1.807) is 11.3 Å². The fourth-order valence-corrected chi connectivity index (χ4v) is 4.76. The minimum absolute atomic E-state index is 0. The van der Waals surface area contributed by atoms with E-state index < -0.39 is 9.84 Å². The lowest BCUT2D eigenvalue weighted by Gasteiger charge is -2.16. The fraction of sp³-hybridized carbons (Fsp3) is 0.643. The minimum Gasteiger partial charge on any atom is -0.357 e. The van der Waals surface area contributed by atoms with Crippen molar-refractivity contribution in [1.82, 2.24) is 10.6 Å². The molecule has 1 aromatic rings. The van der Waals surface area contributed by atoms with E-state index in [9.17, 15) is 8.42 Å². The van der Waals surface area contributed by atoms with Crippen LogP contribution < -0.4 is 10.6 Å². The molecular formula is C14H24IN3O2S2. The quantitative estimate of drug-likeness (QED) is 0.404. The van der Waals surface area contributed by atoms with E-state index in [1.807, 2.05) is 13.0 Å². The van der Waals surface area contributed by atoms with Gasteiger partial charge in [0, 0.05) is 23.4 Å². The van der Waals surface area contributed by atoms with Gasteiger partial charge in [-0.3, -0.25) is 4.99 Å². The first-order valence-corrected chi connectivity index (χ1v) is 9.99. The van der Waals surface area contributed by atoms with Gasteiger partial charge < -0.3 is 10.6 Å². The molecule has 0 aliphatic carbocycles. The molecule has 1 aliphatic rings. The lowest BCUT2D eigenvalue weighted by molar-refractivity contribution is 0.599. The van der Waals surface area contributed by atoms with E-state index in [0.29, 0.717) is 24.8 Å². The number of halogens is 1. The molecule has 1 aromatic heterocycles. The summed E-state index contributed by atoms with van der Waals surface area (Å²) in [6.45, 7) is 5.61. The number of thiophene rings is 1. The average Bonchev–Trinajstić information content (AvgIpc) is 3.05. The Labute approximate surface area is 153 Å². The van der Waals surface area contributed by atoms with Crippen LogP contribution in [0.4, 0.5) is 0 Å². The van der Waals surface area contributed by atoms with Crippen LogP contribution in [0.25, 0.3) is 0 Å². The topological polar surface area (TPSA) is 70.6 Å². The van der Waals surface area contributed by atoms with Crippen LogP contribution in [-0.2, 0) is 9.84 Å². The summed E-state index contributed by atoms with van der Waals surface area (Å²) in [5.74, 6) is 1.56. The van der Waals surface area contributed by atoms with Gasteiger partial charge in [-0.2, -0.15) is 0 Å². The number of nitrogens with one attached hydrogen (secondary N) is 2. The summed E-state index contributed by atoms with van der Waals surface area (Å²) < 4.78 is 23.0. The Kier molecular flexibility index (Phi) is 8.12. The van der Waals surface area contributed by atoms with Crippen LogP contribution in [0, 0.1) is 0 Å². The molecule has 2 atom stereocenters. The molecule has 8 heteroatoms. The van der Waals surface area contributed by atoms with Gasteiger partial charge in [-0.25, -0.2) is 8.42 Å². The summed E-state index contributed by atoms with van der Waals surface area (Å²) in [4.78, 5) is 5.90. The summed E-state index contributed by atoms with van der Waals surface area (Å²) in [5, 5.41) is 8.49. The highest BCUT2D eigenvalue weighted by molar-refractivity contribution is 14.0. The van der Waals surface area contributed by atoms with Gasteiger partial charge in [-0.15, -0.1) is 35.3 Å². The standard InChI is InChI=1S/C14H23N3O2S2.HI/c1-3-15-14(17-12-6-8-21(18,19)10-12)16-9-11(2)13-5-4-7-20-13;/h4-5,7,11-12H,3,6,8-10H2,1-2H3,(H2,15,16,17);1H. The lowest BCUT2D eigenvalue weighted by atomic mass is 10.1. The Hall–Kier alpha value is -0.350. The zero-order valence-electron chi connectivity index (χ0n) is 12.9. The molecule has 2 rings (SSSR count). The van der Waals surface area contributed by atoms with Gasteiger partial charge in [0.1, 0.15) is 0 Å². The summed E-state index contributed by atoms with van der Waals surface area (Å²) in [7, 11) is -2.87. The molecule has 126 valence electrons. The molecule has 0 spiro atoms. The zero-order chi connectivity index (χ0) is 15.3. The molecule has 2 heterocycles. The maximum absolute atomic E-state index is 11.5. The monoisotopic (exact) mass is 457 g/mol. The van der Waals surface area contributed by atoms with Crippen LogP contribution >= 0.6 is 35.3 Å². The number of aliphatic imine (C=N–C) groups is 1. The molecule has 0 radical (unpaired) electrons. The molecule has 0 saturated carbocycles. The van der Waals surface area contributed by atoms with Crippen molar-refractivity contribution >= 4 is 51.1 Å². The van der Waals surface area contributed by atoms with Gasteiger partial charge in [0.2, 0.25) is 0 Å². The van der Waals surface area contributed by atoms with Gasteiger partial charge >= 0.3 is 0 Å². The number of nitrogens with zero attached hydrogens (tertiary/aromatic N) is 1. The minimum atomic E-state index is -2.87. The third-order valence-corrected chi connectivity index (χ3v) is 6.34. The van der Waals surface area contributed by atoms with Crippen molar-refractivity contribution in [2.45, 2.75) is 32.2 Å². The highest BCUT2D eigenvalue weighted by Gasteiger charge is 2.28. The van der Waals surface area contributed by atoms with Crippen LogP contribution in [-0.4, -0.2) is 45.0 Å². The van der Waals surface area contributed by atoms with Crippen molar-refractivity contribution < 1.29 is 8.42 Å². The molecule has 22 heavy (non-hydrogen) atoms. The zero-order valence-corrected chi connectivity index (χ0v) is 16.9. The second kappa shape index (κ2) is 9.07. The molecule has 2 N–H and O–H groups in total. The third-order valence-electron chi connectivity index (χ3n) is 3.47. The molecular weight excluding hydrogens is 433 g/mol. The van der Waals surface area contributed by atoms with E-state index in [0.717, 1.165) is 6.54 Å². The highest BCUT2D eigenvalue weighted by atomic mass is 127. The lowest BCUT2D eigenvalue weighted by Crippen LogP contribution is -2.44. The van der Waals surface area contributed by atoms with E-state index in [1.165, 1.54) is 4.88 Å². The Balaban J connectivity index is 0.00000242. The van der Waals surface area contributed by atoms with Crippen molar-refractivity contribution in [2.75, 3.05) is 24.6 Å². The highest BCUT2D eigenvalue weighted by Crippen LogP contribution is 2.20. The SMILES string of the molecule is CCNC(=NCC(C)c1cccs1)NC1CCS(=O)(=O)C1.I. The van der Waals surface area contributed by atoms with E-state index in [2.05, 4.69) is 34.0 Å². The third kappa shape index (κ3) is 6.04. The molecule has 1 saturated heterocycles. The number of hydrogen-bond acceptors (Lipinski definition) is 4. The van der Waals surface area contributed by atoms with Gasteiger partial charge in [-0.05, 0) is 24.8 Å². The second-order valence-electron chi connectivity index (χ2n) is 5.38. The average molecular weight is 457 g/mol. The predicted molar refractivity (Wildman–Crippen MR) is 104 cm³/mol. The van der Waals surface area contributed by atoms with Crippen molar-refractivity contribution in [3.8, 4) is 0 Å². The predicted octanol–water partition coefficient (Wildman–Crippen LogP) is 2.21. The molecule has 0 aromatic carbocycles. The first-order valence-electron chi connectivity index (χ1n) is 7.29. The van der Waals surface area contributed by atoms with Crippen LogP contribution in [0.3, 0.4) is 0 Å². The van der Waals surface area contributed by atoms with Crippen LogP contribution in [0.2, 0.25) is 0 Å². The van der Waals surface area contributed by atoms with Gasteiger partial charge in [0.05, 0.1) is 18.1 Å². The smallest absolute Gasteiger partial charge is 0.191 e. The number of rotatable bonds is 5. The normalized spacial score (nSPS) is 21.9. The Morgan fingerprint density at radius 3 is 2.86 bits per heavy atom. The second-order valence-corrected chi connectivity index (χ2v) is 8.59. The molecule has 0 amide bonds. The largest absolute Gasteiger partial charge is 0.357 e. The molecule has 5 nitrogen and oxygen atoms in total. The first kappa shape index (κ1) is 19.7. The Morgan fingerprint density at radius 1 is 1.55 bits per heavy atom. The van der Waals surface area contributed by atoms with Gasteiger partial charge in [-0.1, -0.05) is 13.0 Å². The Bertz CT molecular complexity index is 573. The van der Waals surface area contributed by atoms with Gasteiger partial charge in [0.15, 0.2) is 15.8 Å². The molecule has 2 unspecified atom stereocenters. The van der Waals surface area contributed by atoms with Crippen LogP contribution in [0.1, 0.15) is 31.1 Å².